The molecule has 0 bridgehead atoms. The third kappa shape index (κ3) is 3.95. The van der Waals surface area contributed by atoms with Crippen LogP contribution < -0.4 is 5.32 Å². The summed E-state index contributed by atoms with van der Waals surface area (Å²) in [5, 5.41) is 3.65. The van der Waals surface area contributed by atoms with Crippen LogP contribution in [-0.2, 0) is 22.4 Å². The van der Waals surface area contributed by atoms with Crippen molar-refractivity contribution in [3.63, 3.8) is 0 Å². The maximum atomic E-state index is 13.2. The van der Waals surface area contributed by atoms with Crippen LogP contribution in [0.1, 0.15) is 29.3 Å². The fourth-order valence-electron chi connectivity index (χ4n) is 4.72. The van der Waals surface area contributed by atoms with Crippen molar-refractivity contribution in [2.45, 2.75) is 31.1 Å². The van der Waals surface area contributed by atoms with E-state index in [1.165, 1.54) is 11.9 Å². The second-order valence-electron chi connectivity index (χ2n) is 8.28. The highest BCUT2D eigenvalue weighted by atomic mass is 32.2. The highest BCUT2D eigenvalue weighted by molar-refractivity contribution is 7.91. The smallest absolute Gasteiger partial charge is 0.361 e. The van der Waals surface area contributed by atoms with E-state index in [1.54, 1.807) is 0 Å². The molecule has 11 heteroatoms. The van der Waals surface area contributed by atoms with Crippen LogP contribution in [-0.4, -0.2) is 58.9 Å². The van der Waals surface area contributed by atoms with Crippen molar-refractivity contribution in [1.82, 2.24) is 19.9 Å². The minimum atomic E-state index is -4.52. The Morgan fingerprint density at radius 1 is 1.12 bits per heavy atom. The van der Waals surface area contributed by atoms with E-state index in [0.717, 1.165) is 24.5 Å². The summed E-state index contributed by atoms with van der Waals surface area (Å²) < 4.78 is 63.5. The van der Waals surface area contributed by atoms with E-state index < -0.39 is 21.7 Å². The van der Waals surface area contributed by atoms with Crippen LogP contribution in [0, 0.1) is 0 Å². The van der Waals surface area contributed by atoms with Crippen LogP contribution in [0.15, 0.2) is 36.7 Å². The predicted octanol–water partition coefficient (Wildman–Crippen LogP) is 3.18. The minimum absolute atomic E-state index is 0.00792. The molecule has 0 amide bonds. The van der Waals surface area contributed by atoms with Crippen LogP contribution in [0.5, 0.6) is 0 Å². The van der Waals surface area contributed by atoms with E-state index in [9.17, 15) is 21.6 Å². The van der Waals surface area contributed by atoms with E-state index in [0.29, 0.717) is 18.9 Å². The van der Waals surface area contributed by atoms with E-state index in [2.05, 4.69) is 31.2 Å². The molecular formula is C21H22F3N5O2S. The normalized spacial score (nSPS) is 23.7. The first-order chi connectivity index (χ1) is 15.2. The lowest BCUT2D eigenvalue weighted by atomic mass is 9.83. The molecule has 1 aliphatic carbocycles. The minimum Gasteiger partial charge on any atom is -0.361 e. The van der Waals surface area contributed by atoms with Crippen LogP contribution in [0.25, 0.3) is 11.0 Å². The van der Waals surface area contributed by atoms with Crippen LogP contribution in [0.2, 0.25) is 0 Å². The predicted molar refractivity (Wildman–Crippen MR) is 114 cm³/mol. The largest absolute Gasteiger partial charge is 0.431 e. The zero-order valence-corrected chi connectivity index (χ0v) is 17.9. The molecule has 1 saturated heterocycles. The molecule has 2 aromatic heterocycles. The Balaban J connectivity index is 1.52. The van der Waals surface area contributed by atoms with Crippen molar-refractivity contribution in [3.05, 3.63) is 53.5 Å². The van der Waals surface area contributed by atoms with Gasteiger partial charge in [-0.25, -0.2) is 18.4 Å². The first-order valence-corrected chi connectivity index (χ1v) is 12.2. The average molecular weight is 466 g/mol. The summed E-state index contributed by atoms with van der Waals surface area (Å²) >= 11 is 0. The number of anilines is 1. The molecule has 170 valence electrons. The highest BCUT2D eigenvalue weighted by Crippen LogP contribution is 2.38. The number of nitrogens with one attached hydrogen (secondary N) is 2. The summed E-state index contributed by atoms with van der Waals surface area (Å²) in [6.07, 6.45) is -1.62. The number of halogens is 3. The van der Waals surface area contributed by atoms with Gasteiger partial charge in [-0.15, -0.1) is 0 Å². The molecule has 2 atom stereocenters. The van der Waals surface area contributed by atoms with Gasteiger partial charge in [0.15, 0.2) is 9.84 Å². The molecule has 0 saturated carbocycles. The van der Waals surface area contributed by atoms with Gasteiger partial charge in [0.05, 0.1) is 22.9 Å². The standard InChI is InChI=1S/C21H22F3N5O2S/c22-21(23,24)17-11-15-19(27-17)25-12-26-20(15)28-18-14-4-2-1-3-13(14)5-6-16(18)29-7-9-32(30,31)10-8-29/h1-4,11-12,16,18H,5-10H2,(H2,25,26,27,28)/t16-,18-/m0/s1. The Morgan fingerprint density at radius 3 is 2.62 bits per heavy atom. The number of hydrogen-bond donors (Lipinski definition) is 2. The summed E-state index contributed by atoms with van der Waals surface area (Å²) in [5.41, 5.74) is 1.45. The number of sulfone groups is 1. The second-order valence-corrected chi connectivity index (χ2v) is 10.6. The molecule has 2 N–H and O–H groups in total. The van der Waals surface area contributed by atoms with Gasteiger partial charge in [-0.05, 0) is 30.0 Å². The molecule has 1 aromatic carbocycles. The van der Waals surface area contributed by atoms with Crippen LogP contribution in [0.4, 0.5) is 19.0 Å². The highest BCUT2D eigenvalue weighted by Gasteiger charge is 2.37. The summed E-state index contributed by atoms with van der Waals surface area (Å²) in [5.74, 6) is 0.545. The zero-order chi connectivity index (χ0) is 22.5. The van der Waals surface area contributed by atoms with Gasteiger partial charge in [-0.3, -0.25) is 4.90 Å². The fourth-order valence-corrected chi connectivity index (χ4v) is 5.95. The molecule has 2 aliphatic rings. The van der Waals surface area contributed by atoms with E-state index in [-0.39, 0.29) is 34.6 Å². The number of alkyl halides is 3. The lowest BCUT2D eigenvalue weighted by Gasteiger charge is -2.43. The van der Waals surface area contributed by atoms with Gasteiger partial charge in [-0.1, -0.05) is 24.3 Å². The summed E-state index contributed by atoms with van der Waals surface area (Å²) in [7, 11) is -3.02. The Labute approximate surface area is 183 Å². The first-order valence-electron chi connectivity index (χ1n) is 10.4. The lowest BCUT2D eigenvalue weighted by Crippen LogP contribution is -2.51. The van der Waals surface area contributed by atoms with E-state index >= 15 is 0 Å². The summed E-state index contributed by atoms with van der Waals surface area (Å²) in [6, 6.07) is 8.73. The Hall–Kier alpha value is -2.66. The van der Waals surface area contributed by atoms with E-state index in [1.807, 2.05) is 18.2 Å². The summed E-state index contributed by atoms with van der Waals surface area (Å²) in [4.78, 5) is 12.7. The summed E-state index contributed by atoms with van der Waals surface area (Å²) in [6.45, 7) is 0.879. The van der Waals surface area contributed by atoms with Crippen molar-refractivity contribution in [1.29, 1.82) is 0 Å². The molecule has 1 aliphatic heterocycles. The van der Waals surface area contributed by atoms with Crippen molar-refractivity contribution >= 4 is 26.7 Å². The third-order valence-electron chi connectivity index (χ3n) is 6.36. The molecule has 7 nitrogen and oxygen atoms in total. The molecule has 0 spiro atoms. The zero-order valence-electron chi connectivity index (χ0n) is 17.1. The molecule has 0 unspecified atom stereocenters. The maximum Gasteiger partial charge on any atom is 0.431 e. The number of hydrogen-bond acceptors (Lipinski definition) is 6. The number of aromatic amines is 1. The van der Waals surface area contributed by atoms with E-state index in [4.69, 9.17) is 0 Å². The Kier molecular flexibility index (Phi) is 5.12. The number of H-pyrrole nitrogens is 1. The van der Waals surface area contributed by atoms with Gasteiger partial charge in [0, 0.05) is 19.1 Å². The first kappa shape index (κ1) is 21.2. The van der Waals surface area contributed by atoms with Crippen LogP contribution >= 0.6 is 0 Å². The number of benzene rings is 1. The van der Waals surface area contributed by atoms with Crippen LogP contribution in [0.3, 0.4) is 0 Å². The number of rotatable bonds is 3. The van der Waals surface area contributed by atoms with Crippen molar-refractivity contribution in [2.75, 3.05) is 29.9 Å². The fraction of sp³-hybridized carbons (Fsp3) is 0.429. The topological polar surface area (TPSA) is 91.0 Å². The SMILES string of the molecule is O=S1(=O)CCN([C@H]2CCc3ccccc3[C@@H]2Nc2ncnc3[nH]c(C(F)(F)F)cc23)CC1. The second kappa shape index (κ2) is 7.73. The molecule has 1 fully saturated rings. The monoisotopic (exact) mass is 465 g/mol. The Morgan fingerprint density at radius 2 is 1.88 bits per heavy atom. The number of aryl methyl sites for hydroxylation is 1. The molecule has 3 aromatic rings. The lowest BCUT2D eigenvalue weighted by molar-refractivity contribution is -0.140. The maximum absolute atomic E-state index is 13.2. The molecule has 3 heterocycles. The van der Waals surface area contributed by atoms with Gasteiger partial charge < -0.3 is 10.3 Å². The van der Waals surface area contributed by atoms with Gasteiger partial charge in [0.1, 0.15) is 23.5 Å². The molecule has 0 radical (unpaired) electrons. The average Bonchev–Trinajstić information content (AvgIpc) is 3.20. The molecular weight excluding hydrogens is 443 g/mol. The number of nitrogens with zero attached hydrogens (tertiary/aromatic N) is 3. The van der Waals surface area contributed by atoms with Crippen molar-refractivity contribution < 1.29 is 21.6 Å². The quantitative estimate of drug-likeness (QED) is 0.618. The number of aromatic nitrogens is 3. The molecule has 5 rings (SSSR count). The van der Waals surface area contributed by atoms with Gasteiger partial charge >= 0.3 is 6.18 Å². The molecule has 32 heavy (non-hydrogen) atoms. The van der Waals surface area contributed by atoms with Crippen molar-refractivity contribution in [3.8, 4) is 0 Å². The Bertz CT molecular complexity index is 1240. The third-order valence-corrected chi connectivity index (χ3v) is 7.96. The van der Waals surface area contributed by atoms with Gasteiger partial charge in [-0.2, -0.15) is 13.2 Å². The number of fused-ring (bicyclic) bond motifs is 2. The van der Waals surface area contributed by atoms with Gasteiger partial charge in [0.25, 0.3) is 0 Å². The van der Waals surface area contributed by atoms with Gasteiger partial charge in [0.2, 0.25) is 0 Å². The van der Waals surface area contributed by atoms with Crippen molar-refractivity contribution in [2.24, 2.45) is 0 Å².